The predicted molar refractivity (Wildman–Crippen MR) is 130 cm³/mol. The lowest BCUT2D eigenvalue weighted by Crippen LogP contribution is -2.32. The van der Waals surface area contributed by atoms with Crippen LogP contribution in [-0.4, -0.2) is 18.9 Å². The lowest BCUT2D eigenvalue weighted by molar-refractivity contribution is -0.120. The smallest absolute Gasteiger partial charge is 0.283 e. The quantitative estimate of drug-likeness (QED) is 0.380. The molecule has 1 aliphatic heterocycles. The number of halogens is 3. The highest BCUT2D eigenvalue weighted by Gasteiger charge is 2.40. The van der Waals surface area contributed by atoms with Gasteiger partial charge in [0.2, 0.25) is 0 Å². The van der Waals surface area contributed by atoms with E-state index in [4.69, 9.17) is 39.5 Å². The lowest BCUT2D eigenvalue weighted by atomic mass is 10.2. The average Bonchev–Trinajstić information content (AvgIpc) is 3.01. The van der Waals surface area contributed by atoms with Crippen LogP contribution in [0.5, 0.6) is 5.75 Å². The summed E-state index contributed by atoms with van der Waals surface area (Å²) in [5.74, 6) is -0.467. The molecule has 32 heavy (non-hydrogen) atoms. The van der Waals surface area contributed by atoms with Gasteiger partial charge in [0.1, 0.15) is 16.4 Å². The van der Waals surface area contributed by atoms with Gasteiger partial charge in [-0.3, -0.25) is 9.59 Å². The van der Waals surface area contributed by atoms with E-state index in [0.29, 0.717) is 27.2 Å². The number of anilines is 2. The van der Waals surface area contributed by atoms with Crippen LogP contribution >= 0.6 is 46.6 Å². The largest absolute Gasteiger partial charge is 0.495 e. The molecule has 0 unspecified atom stereocenters. The number of rotatable bonds is 6. The number of para-hydroxylation sites is 2. The van der Waals surface area contributed by atoms with Crippen molar-refractivity contribution < 1.29 is 14.3 Å². The predicted octanol–water partition coefficient (Wildman–Crippen LogP) is 6.64. The standard InChI is InChI=1S/C23H15Cl3N2O3S/c1-31-19-5-3-2-4-18(19)27-20-21(32-15-9-6-13(24)7-10-15)23(30)28(22(20)29)14-8-11-16(25)17(26)12-14/h2-12,27H,1H3. The molecule has 0 spiro atoms. The number of hydrogen-bond donors (Lipinski definition) is 1. The molecule has 9 heteroatoms. The summed E-state index contributed by atoms with van der Waals surface area (Å²) in [6.45, 7) is 0. The molecule has 0 aliphatic carbocycles. The molecule has 0 fully saturated rings. The molecule has 1 aliphatic rings. The number of imide groups is 1. The van der Waals surface area contributed by atoms with E-state index in [1.165, 1.54) is 19.2 Å². The Morgan fingerprint density at radius 2 is 1.59 bits per heavy atom. The molecule has 1 N–H and O–H groups in total. The van der Waals surface area contributed by atoms with Crippen LogP contribution in [0.2, 0.25) is 15.1 Å². The van der Waals surface area contributed by atoms with E-state index in [2.05, 4.69) is 5.32 Å². The summed E-state index contributed by atoms with van der Waals surface area (Å²) in [4.78, 5) is 28.8. The van der Waals surface area contributed by atoms with Crippen LogP contribution in [0.1, 0.15) is 0 Å². The van der Waals surface area contributed by atoms with Crippen molar-refractivity contribution in [3.8, 4) is 5.75 Å². The SMILES string of the molecule is COc1ccccc1NC1=C(Sc2ccc(Cl)cc2)C(=O)N(c2ccc(Cl)c(Cl)c2)C1=O. The van der Waals surface area contributed by atoms with Crippen molar-refractivity contribution in [1.29, 1.82) is 0 Å². The highest BCUT2D eigenvalue weighted by molar-refractivity contribution is 8.04. The third-order valence-electron chi connectivity index (χ3n) is 4.60. The van der Waals surface area contributed by atoms with Crippen molar-refractivity contribution in [1.82, 2.24) is 0 Å². The molecule has 3 aromatic carbocycles. The summed E-state index contributed by atoms with van der Waals surface area (Å²) in [5, 5.41) is 4.22. The minimum atomic E-state index is -0.518. The number of amides is 2. The molecular formula is C23H15Cl3N2O3S. The molecular weight excluding hydrogens is 491 g/mol. The van der Waals surface area contributed by atoms with E-state index in [-0.39, 0.29) is 15.6 Å². The second-order valence-corrected chi connectivity index (χ2v) is 8.96. The molecule has 5 nitrogen and oxygen atoms in total. The number of benzene rings is 3. The molecule has 2 amide bonds. The van der Waals surface area contributed by atoms with Gasteiger partial charge in [-0.15, -0.1) is 0 Å². The van der Waals surface area contributed by atoms with E-state index in [9.17, 15) is 9.59 Å². The zero-order valence-corrected chi connectivity index (χ0v) is 19.6. The topological polar surface area (TPSA) is 58.6 Å². The molecule has 4 rings (SSSR count). The molecule has 0 radical (unpaired) electrons. The number of methoxy groups -OCH3 is 1. The zero-order chi connectivity index (χ0) is 22.8. The fourth-order valence-corrected chi connectivity index (χ4v) is 4.42. The number of ether oxygens (including phenoxy) is 1. The number of nitrogens with one attached hydrogen (secondary N) is 1. The van der Waals surface area contributed by atoms with E-state index in [1.54, 1.807) is 48.5 Å². The third-order valence-corrected chi connectivity index (χ3v) is 6.68. The monoisotopic (exact) mass is 504 g/mol. The van der Waals surface area contributed by atoms with Crippen LogP contribution in [0, 0.1) is 0 Å². The van der Waals surface area contributed by atoms with E-state index < -0.39 is 11.8 Å². The highest BCUT2D eigenvalue weighted by atomic mass is 35.5. The van der Waals surface area contributed by atoms with Crippen molar-refractivity contribution >= 4 is 69.8 Å². The van der Waals surface area contributed by atoms with Crippen LogP contribution < -0.4 is 15.0 Å². The Morgan fingerprint density at radius 1 is 0.875 bits per heavy atom. The maximum atomic E-state index is 13.4. The molecule has 0 saturated carbocycles. The lowest BCUT2D eigenvalue weighted by Gasteiger charge is -2.16. The summed E-state index contributed by atoms with van der Waals surface area (Å²) in [5.41, 5.74) is 1.00. The van der Waals surface area contributed by atoms with Crippen molar-refractivity contribution in [2.24, 2.45) is 0 Å². The van der Waals surface area contributed by atoms with Crippen LogP contribution in [-0.2, 0) is 9.59 Å². The Balaban J connectivity index is 1.77. The fraction of sp³-hybridized carbons (Fsp3) is 0.0435. The van der Waals surface area contributed by atoms with E-state index in [0.717, 1.165) is 21.6 Å². The van der Waals surface area contributed by atoms with Crippen LogP contribution in [0.3, 0.4) is 0 Å². The van der Waals surface area contributed by atoms with Gasteiger partial charge in [0.25, 0.3) is 11.8 Å². The Bertz CT molecular complexity index is 1250. The normalized spacial score (nSPS) is 13.7. The Kier molecular flexibility index (Phi) is 6.67. The summed E-state index contributed by atoms with van der Waals surface area (Å²) in [6.07, 6.45) is 0. The van der Waals surface area contributed by atoms with E-state index in [1.807, 2.05) is 6.07 Å². The number of carbonyl (C=O) groups excluding carboxylic acids is 2. The molecule has 162 valence electrons. The molecule has 0 atom stereocenters. The first-order valence-corrected chi connectivity index (χ1v) is 11.3. The van der Waals surface area contributed by atoms with Crippen molar-refractivity contribution in [3.63, 3.8) is 0 Å². The van der Waals surface area contributed by atoms with E-state index >= 15 is 0 Å². The second-order valence-electron chi connectivity index (χ2n) is 6.63. The van der Waals surface area contributed by atoms with Gasteiger partial charge in [0.05, 0.1) is 28.5 Å². The number of carbonyl (C=O) groups is 2. The molecule has 0 saturated heterocycles. The van der Waals surface area contributed by atoms with Crippen LogP contribution in [0.15, 0.2) is 82.2 Å². The fourth-order valence-electron chi connectivity index (χ4n) is 3.08. The molecule has 1 heterocycles. The summed E-state index contributed by atoms with van der Waals surface area (Å²) in [6, 6.07) is 18.7. The Hall–Kier alpha value is -2.64. The summed E-state index contributed by atoms with van der Waals surface area (Å²) in [7, 11) is 1.53. The van der Waals surface area contributed by atoms with Gasteiger partial charge in [-0.05, 0) is 54.6 Å². The van der Waals surface area contributed by atoms with Gasteiger partial charge >= 0.3 is 0 Å². The van der Waals surface area contributed by atoms with Crippen LogP contribution in [0.4, 0.5) is 11.4 Å². The molecule has 0 aromatic heterocycles. The van der Waals surface area contributed by atoms with Gasteiger partial charge in [0, 0.05) is 9.92 Å². The highest BCUT2D eigenvalue weighted by Crippen LogP contribution is 2.40. The van der Waals surface area contributed by atoms with Crippen molar-refractivity contribution in [2.75, 3.05) is 17.3 Å². The maximum absolute atomic E-state index is 13.4. The van der Waals surface area contributed by atoms with Gasteiger partial charge in [-0.1, -0.05) is 58.7 Å². The summed E-state index contributed by atoms with van der Waals surface area (Å²) >= 11 is 19.3. The maximum Gasteiger partial charge on any atom is 0.283 e. The first kappa shape index (κ1) is 22.6. The number of hydrogen-bond acceptors (Lipinski definition) is 5. The minimum absolute atomic E-state index is 0.130. The second kappa shape index (κ2) is 9.46. The van der Waals surface area contributed by atoms with Crippen molar-refractivity contribution in [2.45, 2.75) is 4.90 Å². The van der Waals surface area contributed by atoms with Gasteiger partial charge < -0.3 is 10.1 Å². The molecule has 0 bridgehead atoms. The first-order valence-electron chi connectivity index (χ1n) is 9.30. The zero-order valence-electron chi connectivity index (χ0n) is 16.6. The Labute approximate surface area is 203 Å². The first-order chi connectivity index (χ1) is 15.4. The van der Waals surface area contributed by atoms with Gasteiger partial charge in [0.15, 0.2) is 0 Å². The average molecular weight is 506 g/mol. The minimum Gasteiger partial charge on any atom is -0.495 e. The Morgan fingerprint density at radius 3 is 2.28 bits per heavy atom. The van der Waals surface area contributed by atoms with Gasteiger partial charge in [-0.25, -0.2) is 4.90 Å². The molecule has 3 aromatic rings. The number of nitrogens with zero attached hydrogens (tertiary/aromatic N) is 1. The number of thioether (sulfide) groups is 1. The van der Waals surface area contributed by atoms with Crippen molar-refractivity contribution in [3.05, 3.63) is 92.4 Å². The third kappa shape index (κ3) is 4.45. The summed E-state index contributed by atoms with van der Waals surface area (Å²) < 4.78 is 5.38. The van der Waals surface area contributed by atoms with Gasteiger partial charge in [-0.2, -0.15) is 0 Å². The van der Waals surface area contributed by atoms with Crippen LogP contribution in [0.25, 0.3) is 0 Å².